The van der Waals surface area contributed by atoms with Crippen molar-refractivity contribution in [3.05, 3.63) is 0 Å². The molecule has 0 aliphatic heterocycles. The van der Waals surface area contributed by atoms with E-state index in [9.17, 15) is 0 Å². The van der Waals surface area contributed by atoms with Gasteiger partial charge in [-0.1, -0.05) is 59.3 Å². The lowest BCUT2D eigenvalue weighted by atomic mass is 10.1. The molecule has 0 aromatic heterocycles. The van der Waals surface area contributed by atoms with Gasteiger partial charge in [0.1, 0.15) is 0 Å². The molecular formula is C15H33N. The van der Waals surface area contributed by atoms with Gasteiger partial charge in [-0.25, -0.2) is 0 Å². The van der Waals surface area contributed by atoms with Gasteiger partial charge in [0.15, 0.2) is 0 Å². The maximum atomic E-state index is 2.67. The van der Waals surface area contributed by atoms with Gasteiger partial charge in [0, 0.05) is 0 Å². The van der Waals surface area contributed by atoms with Crippen LogP contribution >= 0.6 is 0 Å². The van der Waals surface area contributed by atoms with Crippen LogP contribution in [-0.2, 0) is 0 Å². The molecule has 1 nitrogen and oxygen atoms in total. The topological polar surface area (TPSA) is 3.24 Å². The van der Waals surface area contributed by atoms with Crippen LogP contribution in [0.3, 0.4) is 0 Å². The lowest BCUT2D eigenvalue weighted by Gasteiger charge is -2.21. The van der Waals surface area contributed by atoms with E-state index in [1.807, 2.05) is 0 Å². The Morgan fingerprint density at radius 2 is 1.00 bits per heavy atom. The van der Waals surface area contributed by atoms with Crippen molar-refractivity contribution < 1.29 is 0 Å². The summed E-state index contributed by atoms with van der Waals surface area (Å²) in [6, 6.07) is 0. The molecule has 0 amide bonds. The minimum absolute atomic E-state index is 1.30. The van der Waals surface area contributed by atoms with Crippen LogP contribution in [0.1, 0.15) is 78.6 Å². The van der Waals surface area contributed by atoms with Gasteiger partial charge in [0.2, 0.25) is 0 Å². The van der Waals surface area contributed by atoms with E-state index in [2.05, 4.69) is 25.7 Å². The summed E-state index contributed by atoms with van der Waals surface area (Å²) in [5, 5.41) is 0. The zero-order valence-electron chi connectivity index (χ0n) is 11.9. The molecule has 0 rings (SSSR count). The highest BCUT2D eigenvalue weighted by atomic mass is 15.1. The molecule has 0 N–H and O–H groups in total. The fraction of sp³-hybridized carbons (Fsp3) is 1.00. The van der Waals surface area contributed by atoms with Crippen molar-refractivity contribution in [2.45, 2.75) is 78.6 Å². The number of hydrogen-bond donors (Lipinski definition) is 0. The van der Waals surface area contributed by atoms with Crippen molar-refractivity contribution in [3.63, 3.8) is 0 Å². The lowest BCUT2D eigenvalue weighted by Crippen LogP contribution is -2.26. The Bertz CT molecular complexity index is 123. The summed E-state index contributed by atoms with van der Waals surface area (Å²) in [5.74, 6) is 0. The summed E-state index contributed by atoms with van der Waals surface area (Å²) in [6.07, 6.45) is 12.5. The third-order valence-corrected chi connectivity index (χ3v) is 3.20. The maximum Gasteiger partial charge on any atom is -0.00187 e. The monoisotopic (exact) mass is 227 g/mol. The molecule has 98 valence electrons. The van der Waals surface area contributed by atoms with Crippen LogP contribution in [0.4, 0.5) is 0 Å². The van der Waals surface area contributed by atoms with E-state index >= 15 is 0 Å². The third kappa shape index (κ3) is 10.5. The van der Waals surface area contributed by atoms with Gasteiger partial charge in [-0.05, 0) is 38.9 Å². The van der Waals surface area contributed by atoms with Crippen LogP contribution in [0.5, 0.6) is 0 Å². The Morgan fingerprint density at radius 3 is 1.56 bits per heavy atom. The fourth-order valence-corrected chi connectivity index (χ4v) is 2.18. The van der Waals surface area contributed by atoms with Crippen molar-refractivity contribution >= 4 is 0 Å². The van der Waals surface area contributed by atoms with Crippen LogP contribution in [0.25, 0.3) is 0 Å². The van der Waals surface area contributed by atoms with E-state index in [-0.39, 0.29) is 0 Å². The molecule has 0 aliphatic carbocycles. The van der Waals surface area contributed by atoms with E-state index in [1.165, 1.54) is 77.4 Å². The van der Waals surface area contributed by atoms with Gasteiger partial charge in [0.25, 0.3) is 0 Å². The molecule has 16 heavy (non-hydrogen) atoms. The molecule has 0 saturated carbocycles. The molecule has 0 atom stereocenters. The Hall–Kier alpha value is -0.0400. The second kappa shape index (κ2) is 13.0. The average molecular weight is 227 g/mol. The van der Waals surface area contributed by atoms with Crippen LogP contribution in [-0.4, -0.2) is 24.5 Å². The predicted octanol–water partition coefficient (Wildman–Crippen LogP) is 4.86. The zero-order chi connectivity index (χ0) is 12.1. The van der Waals surface area contributed by atoms with Gasteiger partial charge >= 0.3 is 0 Å². The molecule has 0 bridgehead atoms. The van der Waals surface area contributed by atoms with Crippen molar-refractivity contribution in [1.82, 2.24) is 4.90 Å². The van der Waals surface area contributed by atoms with E-state index < -0.39 is 0 Å². The Balaban J connectivity index is 3.43. The quantitative estimate of drug-likeness (QED) is 0.430. The summed E-state index contributed by atoms with van der Waals surface area (Å²) in [7, 11) is 0. The second-order valence-corrected chi connectivity index (χ2v) is 4.96. The predicted molar refractivity (Wildman–Crippen MR) is 75.0 cm³/mol. The van der Waals surface area contributed by atoms with Crippen LogP contribution in [0, 0.1) is 0 Å². The molecule has 0 aliphatic rings. The molecule has 0 fully saturated rings. The van der Waals surface area contributed by atoms with Gasteiger partial charge in [-0.3, -0.25) is 0 Å². The van der Waals surface area contributed by atoms with Crippen LogP contribution in [0.15, 0.2) is 0 Å². The van der Waals surface area contributed by atoms with Gasteiger partial charge in [0.05, 0.1) is 0 Å². The van der Waals surface area contributed by atoms with E-state index in [4.69, 9.17) is 0 Å². The highest BCUT2D eigenvalue weighted by Gasteiger charge is 2.02. The largest absolute Gasteiger partial charge is 0.303 e. The van der Waals surface area contributed by atoms with Crippen LogP contribution < -0.4 is 0 Å². The Morgan fingerprint density at radius 1 is 0.500 bits per heavy atom. The first kappa shape index (κ1) is 16.0. The normalized spacial score (nSPS) is 11.2. The highest BCUT2D eigenvalue weighted by Crippen LogP contribution is 2.06. The number of rotatable bonds is 12. The average Bonchev–Trinajstić information content (AvgIpc) is 2.29. The summed E-state index contributed by atoms with van der Waals surface area (Å²) in [6.45, 7) is 10.8. The summed E-state index contributed by atoms with van der Waals surface area (Å²) < 4.78 is 0. The van der Waals surface area contributed by atoms with E-state index in [0.717, 1.165) is 0 Å². The second-order valence-electron chi connectivity index (χ2n) is 4.96. The molecule has 0 aromatic carbocycles. The number of hydrogen-bond acceptors (Lipinski definition) is 1. The first-order valence-electron chi connectivity index (χ1n) is 7.57. The third-order valence-electron chi connectivity index (χ3n) is 3.20. The summed E-state index contributed by atoms with van der Waals surface area (Å²) in [4.78, 5) is 2.67. The molecular weight excluding hydrogens is 194 g/mol. The minimum atomic E-state index is 1.30. The highest BCUT2D eigenvalue weighted by molar-refractivity contribution is 4.58. The molecule has 0 unspecified atom stereocenters. The summed E-state index contributed by atoms with van der Waals surface area (Å²) in [5.41, 5.74) is 0. The van der Waals surface area contributed by atoms with Gasteiger partial charge < -0.3 is 4.90 Å². The molecule has 0 aromatic rings. The van der Waals surface area contributed by atoms with Gasteiger partial charge in [-0.2, -0.15) is 0 Å². The molecule has 0 radical (unpaired) electrons. The fourth-order valence-electron chi connectivity index (χ4n) is 2.18. The van der Waals surface area contributed by atoms with E-state index in [1.54, 1.807) is 0 Å². The lowest BCUT2D eigenvalue weighted by molar-refractivity contribution is 0.261. The first-order chi connectivity index (χ1) is 7.85. The minimum Gasteiger partial charge on any atom is -0.303 e. The molecule has 0 spiro atoms. The first-order valence-corrected chi connectivity index (χ1v) is 7.57. The molecule has 1 heteroatoms. The smallest absolute Gasteiger partial charge is 0.00187 e. The maximum absolute atomic E-state index is 2.67. The SMILES string of the molecule is CCCCCCCN(CCC)CCCCC. The standard InChI is InChI=1S/C15H33N/c1-4-7-9-10-12-15-16(13-6-3)14-11-8-5-2/h4-15H2,1-3H3. The number of unbranched alkanes of at least 4 members (excludes halogenated alkanes) is 6. The van der Waals surface area contributed by atoms with Crippen molar-refractivity contribution in [2.75, 3.05) is 19.6 Å². The van der Waals surface area contributed by atoms with Crippen molar-refractivity contribution in [3.8, 4) is 0 Å². The van der Waals surface area contributed by atoms with E-state index in [0.29, 0.717) is 0 Å². The Labute approximate surface area is 104 Å². The molecule has 0 saturated heterocycles. The van der Waals surface area contributed by atoms with Crippen molar-refractivity contribution in [1.29, 1.82) is 0 Å². The Kier molecular flexibility index (Phi) is 13.0. The van der Waals surface area contributed by atoms with Crippen LogP contribution in [0.2, 0.25) is 0 Å². The number of nitrogens with zero attached hydrogens (tertiary/aromatic N) is 1. The summed E-state index contributed by atoms with van der Waals surface area (Å²) >= 11 is 0. The zero-order valence-corrected chi connectivity index (χ0v) is 11.9. The van der Waals surface area contributed by atoms with Crippen molar-refractivity contribution in [2.24, 2.45) is 0 Å². The molecule has 0 heterocycles. The van der Waals surface area contributed by atoms with Gasteiger partial charge in [-0.15, -0.1) is 0 Å².